The number of carbonyl (C=O) groups excluding carboxylic acids is 1. The first-order valence-electron chi connectivity index (χ1n) is 6.14. The van der Waals surface area contributed by atoms with E-state index in [1.165, 1.54) is 14.2 Å². The van der Waals surface area contributed by atoms with Gasteiger partial charge >= 0.3 is 13.6 Å². The second-order valence-corrected chi connectivity index (χ2v) is 6.22. The molecule has 0 bridgehead atoms. The molecule has 1 aromatic carbocycles. The van der Waals surface area contributed by atoms with E-state index in [1.54, 1.807) is 25.1 Å². The highest BCUT2D eigenvalue weighted by Crippen LogP contribution is 2.59. The van der Waals surface area contributed by atoms with Crippen LogP contribution in [0.3, 0.4) is 0 Å². The standard InChI is InChI=1S/C14H19O5P/c1-5-19-14(15)10-13(20(16,17-3)18-4)12-8-6-7-11(2)9-12/h6-10H,5H2,1-4H3/b13-10+. The smallest absolute Gasteiger partial charge is 0.361 e. The van der Waals surface area contributed by atoms with Gasteiger partial charge in [-0.25, -0.2) is 4.79 Å². The van der Waals surface area contributed by atoms with E-state index in [1.807, 2.05) is 13.0 Å². The van der Waals surface area contributed by atoms with E-state index in [0.29, 0.717) is 5.56 Å². The lowest BCUT2D eigenvalue weighted by atomic mass is 10.1. The van der Waals surface area contributed by atoms with E-state index in [9.17, 15) is 9.36 Å². The number of esters is 1. The summed E-state index contributed by atoms with van der Waals surface area (Å²) in [6, 6.07) is 7.24. The molecule has 0 atom stereocenters. The molecule has 0 aliphatic carbocycles. The third-order valence-corrected chi connectivity index (χ3v) is 4.57. The number of rotatable bonds is 6. The predicted octanol–water partition coefficient (Wildman–Crippen LogP) is 3.38. The predicted molar refractivity (Wildman–Crippen MR) is 77.4 cm³/mol. The van der Waals surface area contributed by atoms with Gasteiger partial charge in [-0.2, -0.15) is 0 Å². The number of aryl methyl sites for hydroxylation is 1. The molecule has 0 aliphatic rings. The second kappa shape index (κ2) is 7.39. The Morgan fingerprint density at radius 1 is 1.30 bits per heavy atom. The van der Waals surface area contributed by atoms with E-state index < -0.39 is 13.6 Å². The summed E-state index contributed by atoms with van der Waals surface area (Å²) in [5.74, 6) is -0.585. The molecule has 1 rings (SSSR count). The fourth-order valence-corrected chi connectivity index (χ4v) is 2.95. The lowest BCUT2D eigenvalue weighted by molar-refractivity contribution is -0.137. The molecular formula is C14H19O5P. The van der Waals surface area contributed by atoms with Gasteiger partial charge in [0, 0.05) is 20.3 Å². The summed E-state index contributed by atoms with van der Waals surface area (Å²) in [5, 5.41) is 0.185. The molecular weight excluding hydrogens is 279 g/mol. The zero-order chi connectivity index (χ0) is 15.2. The van der Waals surface area contributed by atoms with Crippen LogP contribution in [0.2, 0.25) is 0 Å². The van der Waals surface area contributed by atoms with Gasteiger partial charge in [0.25, 0.3) is 0 Å². The highest BCUT2D eigenvalue weighted by atomic mass is 31.2. The van der Waals surface area contributed by atoms with Crippen LogP contribution in [0.15, 0.2) is 30.3 Å². The van der Waals surface area contributed by atoms with Gasteiger partial charge in [0.2, 0.25) is 0 Å². The first kappa shape index (κ1) is 16.6. The highest BCUT2D eigenvalue weighted by Gasteiger charge is 2.30. The molecule has 0 N–H and O–H groups in total. The molecule has 0 unspecified atom stereocenters. The molecule has 5 nitrogen and oxygen atoms in total. The number of ether oxygens (including phenoxy) is 1. The van der Waals surface area contributed by atoms with E-state index in [0.717, 1.165) is 11.6 Å². The van der Waals surface area contributed by atoms with Crippen molar-refractivity contribution in [2.45, 2.75) is 13.8 Å². The summed E-state index contributed by atoms with van der Waals surface area (Å²) in [7, 11) is -0.997. The Morgan fingerprint density at radius 3 is 2.45 bits per heavy atom. The molecule has 0 saturated carbocycles. The van der Waals surface area contributed by atoms with Crippen molar-refractivity contribution in [3.8, 4) is 0 Å². The van der Waals surface area contributed by atoms with Gasteiger partial charge in [0.15, 0.2) is 0 Å². The number of carbonyl (C=O) groups is 1. The van der Waals surface area contributed by atoms with Gasteiger partial charge in [-0.3, -0.25) is 4.57 Å². The molecule has 0 saturated heterocycles. The first-order valence-corrected chi connectivity index (χ1v) is 7.68. The van der Waals surface area contributed by atoms with Crippen molar-refractivity contribution in [1.82, 2.24) is 0 Å². The largest absolute Gasteiger partial charge is 0.463 e. The van der Waals surface area contributed by atoms with Gasteiger partial charge in [-0.1, -0.05) is 29.8 Å². The Morgan fingerprint density at radius 2 is 1.95 bits per heavy atom. The Bertz CT molecular complexity index is 542. The minimum atomic E-state index is -3.55. The van der Waals surface area contributed by atoms with Crippen LogP contribution in [-0.4, -0.2) is 26.8 Å². The van der Waals surface area contributed by atoms with Gasteiger partial charge in [-0.15, -0.1) is 0 Å². The van der Waals surface area contributed by atoms with E-state index >= 15 is 0 Å². The zero-order valence-electron chi connectivity index (χ0n) is 12.1. The van der Waals surface area contributed by atoms with Crippen LogP contribution >= 0.6 is 7.60 Å². The maximum Gasteiger partial charge on any atom is 0.361 e. The van der Waals surface area contributed by atoms with Crippen LogP contribution < -0.4 is 0 Å². The molecule has 0 amide bonds. The van der Waals surface area contributed by atoms with Gasteiger partial charge < -0.3 is 13.8 Å². The monoisotopic (exact) mass is 298 g/mol. The first-order chi connectivity index (χ1) is 9.46. The van der Waals surface area contributed by atoms with E-state index in [4.69, 9.17) is 13.8 Å². The molecule has 0 fully saturated rings. The van der Waals surface area contributed by atoms with Crippen LogP contribution in [0.4, 0.5) is 0 Å². The van der Waals surface area contributed by atoms with Crippen LogP contribution in [-0.2, 0) is 23.1 Å². The molecule has 110 valence electrons. The SMILES string of the molecule is CCOC(=O)/C=C(\c1cccc(C)c1)P(=O)(OC)OC. The van der Waals surface area contributed by atoms with Crippen molar-refractivity contribution in [3.05, 3.63) is 41.5 Å². The normalized spacial score (nSPS) is 12.3. The quantitative estimate of drug-likeness (QED) is 0.457. The summed E-state index contributed by atoms with van der Waals surface area (Å²) in [4.78, 5) is 11.7. The zero-order valence-corrected chi connectivity index (χ0v) is 13.0. The second-order valence-electron chi connectivity index (χ2n) is 4.01. The summed E-state index contributed by atoms with van der Waals surface area (Å²) < 4.78 is 27.4. The molecule has 0 spiro atoms. The average molecular weight is 298 g/mol. The maximum absolute atomic E-state index is 12.6. The number of benzene rings is 1. The third kappa shape index (κ3) is 4.04. The van der Waals surface area contributed by atoms with Crippen LogP contribution in [0.25, 0.3) is 5.31 Å². The van der Waals surface area contributed by atoms with Crippen molar-refractivity contribution in [2.24, 2.45) is 0 Å². The Kier molecular flexibility index (Phi) is 6.14. The van der Waals surface area contributed by atoms with Gasteiger partial charge in [0.05, 0.1) is 11.9 Å². The van der Waals surface area contributed by atoms with Gasteiger partial charge in [0.1, 0.15) is 0 Å². The lowest BCUT2D eigenvalue weighted by Gasteiger charge is -2.17. The molecule has 0 heterocycles. The molecule has 0 aliphatic heterocycles. The van der Waals surface area contributed by atoms with Gasteiger partial charge in [-0.05, 0) is 19.4 Å². The van der Waals surface area contributed by atoms with E-state index in [-0.39, 0.29) is 11.9 Å². The number of hydrogen-bond acceptors (Lipinski definition) is 5. The fourth-order valence-electron chi connectivity index (χ4n) is 1.69. The average Bonchev–Trinajstić information content (AvgIpc) is 2.44. The lowest BCUT2D eigenvalue weighted by Crippen LogP contribution is -2.03. The summed E-state index contributed by atoms with van der Waals surface area (Å²) >= 11 is 0. The van der Waals surface area contributed by atoms with Crippen molar-refractivity contribution in [1.29, 1.82) is 0 Å². The fraction of sp³-hybridized carbons (Fsp3) is 0.357. The van der Waals surface area contributed by atoms with Crippen molar-refractivity contribution >= 4 is 18.9 Å². The maximum atomic E-state index is 12.6. The molecule has 0 aromatic heterocycles. The Balaban J connectivity index is 3.35. The summed E-state index contributed by atoms with van der Waals surface area (Å²) in [5.41, 5.74) is 1.57. The van der Waals surface area contributed by atoms with Crippen molar-refractivity contribution in [2.75, 3.05) is 20.8 Å². The topological polar surface area (TPSA) is 61.8 Å². The summed E-state index contributed by atoms with van der Waals surface area (Å²) in [6.07, 6.45) is 1.16. The third-order valence-electron chi connectivity index (χ3n) is 2.63. The molecule has 1 aromatic rings. The summed E-state index contributed by atoms with van der Waals surface area (Å²) in [6.45, 7) is 3.83. The minimum absolute atomic E-state index is 0.185. The van der Waals surface area contributed by atoms with Crippen molar-refractivity contribution < 1.29 is 23.1 Å². The number of hydrogen-bond donors (Lipinski definition) is 0. The van der Waals surface area contributed by atoms with Crippen LogP contribution in [0.5, 0.6) is 0 Å². The minimum Gasteiger partial charge on any atom is -0.463 e. The van der Waals surface area contributed by atoms with Crippen LogP contribution in [0.1, 0.15) is 18.1 Å². The Labute approximate surface area is 119 Å². The van der Waals surface area contributed by atoms with Crippen LogP contribution in [0, 0.1) is 6.92 Å². The van der Waals surface area contributed by atoms with Crippen molar-refractivity contribution in [3.63, 3.8) is 0 Å². The molecule has 6 heteroatoms. The molecule has 0 radical (unpaired) electrons. The Hall–Kier alpha value is -1.42. The highest BCUT2D eigenvalue weighted by molar-refractivity contribution is 7.65. The molecule has 20 heavy (non-hydrogen) atoms. The van der Waals surface area contributed by atoms with E-state index in [2.05, 4.69) is 0 Å².